The lowest BCUT2D eigenvalue weighted by molar-refractivity contribution is 0.103. The summed E-state index contributed by atoms with van der Waals surface area (Å²) in [6, 6.07) is 13.5. The molecule has 0 atom stereocenters. The fraction of sp³-hybridized carbons (Fsp3) is 0.240. The molecule has 0 saturated carbocycles. The van der Waals surface area contributed by atoms with Crippen molar-refractivity contribution >= 4 is 5.78 Å². The summed E-state index contributed by atoms with van der Waals surface area (Å²) >= 11 is 0. The molecule has 0 saturated heterocycles. The second kappa shape index (κ2) is 8.71. The Morgan fingerprint density at radius 3 is 2.55 bits per heavy atom. The Labute approximate surface area is 190 Å². The topological polar surface area (TPSA) is 111 Å². The van der Waals surface area contributed by atoms with Gasteiger partial charge in [0, 0.05) is 5.56 Å². The van der Waals surface area contributed by atoms with Crippen molar-refractivity contribution in [3.63, 3.8) is 0 Å². The maximum atomic E-state index is 13.3. The van der Waals surface area contributed by atoms with Crippen LogP contribution in [0.4, 0.5) is 0 Å². The molecule has 1 aliphatic heterocycles. The van der Waals surface area contributed by atoms with Gasteiger partial charge in [0.25, 0.3) is 5.56 Å². The lowest BCUT2D eigenvalue weighted by Crippen LogP contribution is -2.27. The second-order valence-electron chi connectivity index (χ2n) is 7.91. The first-order chi connectivity index (χ1) is 15.8. The summed E-state index contributed by atoms with van der Waals surface area (Å²) in [5.41, 5.74) is 0.0950. The standard InChI is InChI=1S/C25H22N2O6/c1-14(2)33-18-7-5-17(6-8-18)23(28)22-15(3)19(11-26)24(29)27(25(22)30)12-16-4-9-20-21(10-16)32-13-31-20/h4-10,14,30H,12-13H2,1-3H3. The van der Waals surface area contributed by atoms with Crippen LogP contribution in [0.15, 0.2) is 47.3 Å². The Bertz CT molecular complexity index is 1330. The zero-order chi connectivity index (χ0) is 23.7. The molecular weight excluding hydrogens is 424 g/mol. The maximum Gasteiger partial charge on any atom is 0.271 e. The molecule has 0 fully saturated rings. The first-order valence-corrected chi connectivity index (χ1v) is 10.4. The van der Waals surface area contributed by atoms with Gasteiger partial charge < -0.3 is 19.3 Å². The van der Waals surface area contributed by atoms with Crippen molar-refractivity contribution in [2.45, 2.75) is 33.4 Å². The van der Waals surface area contributed by atoms with E-state index in [-0.39, 0.29) is 36.1 Å². The van der Waals surface area contributed by atoms with Gasteiger partial charge in [0.1, 0.15) is 17.4 Å². The third-order valence-corrected chi connectivity index (χ3v) is 5.29. The van der Waals surface area contributed by atoms with E-state index in [1.165, 1.54) is 6.92 Å². The summed E-state index contributed by atoms with van der Waals surface area (Å²) in [4.78, 5) is 26.2. The predicted molar refractivity (Wildman–Crippen MR) is 119 cm³/mol. The minimum absolute atomic E-state index is 0.0178. The fourth-order valence-electron chi connectivity index (χ4n) is 3.69. The molecule has 2 aromatic carbocycles. The molecule has 1 aliphatic rings. The molecule has 0 bridgehead atoms. The van der Waals surface area contributed by atoms with Crippen molar-refractivity contribution in [2.24, 2.45) is 0 Å². The number of carbonyl (C=O) groups is 1. The molecular formula is C25H22N2O6. The summed E-state index contributed by atoms with van der Waals surface area (Å²) in [6.45, 7) is 5.32. The largest absolute Gasteiger partial charge is 0.494 e. The van der Waals surface area contributed by atoms with Gasteiger partial charge in [-0.15, -0.1) is 0 Å². The lowest BCUT2D eigenvalue weighted by atomic mass is 9.97. The van der Waals surface area contributed by atoms with Crippen molar-refractivity contribution in [2.75, 3.05) is 6.79 Å². The number of fused-ring (bicyclic) bond motifs is 1. The molecule has 3 aromatic rings. The number of aromatic nitrogens is 1. The average Bonchev–Trinajstić information content (AvgIpc) is 3.25. The molecule has 8 nitrogen and oxygen atoms in total. The number of aromatic hydroxyl groups is 1. The zero-order valence-corrected chi connectivity index (χ0v) is 18.4. The molecule has 4 rings (SSSR count). The summed E-state index contributed by atoms with van der Waals surface area (Å²) in [7, 11) is 0. The van der Waals surface area contributed by atoms with Crippen LogP contribution in [-0.4, -0.2) is 28.4 Å². The van der Waals surface area contributed by atoms with Crippen LogP contribution in [0.5, 0.6) is 23.1 Å². The number of ketones is 1. The van der Waals surface area contributed by atoms with Gasteiger partial charge in [-0.05, 0) is 68.3 Å². The summed E-state index contributed by atoms with van der Waals surface area (Å²) in [5.74, 6) is 0.706. The van der Waals surface area contributed by atoms with Gasteiger partial charge in [0.15, 0.2) is 17.3 Å². The van der Waals surface area contributed by atoms with Crippen LogP contribution in [0.1, 0.15) is 46.5 Å². The van der Waals surface area contributed by atoms with E-state index in [2.05, 4.69) is 0 Å². The number of rotatable bonds is 6. The van der Waals surface area contributed by atoms with E-state index in [1.807, 2.05) is 19.9 Å². The van der Waals surface area contributed by atoms with E-state index in [1.54, 1.807) is 42.5 Å². The van der Waals surface area contributed by atoms with Crippen LogP contribution in [-0.2, 0) is 6.54 Å². The second-order valence-corrected chi connectivity index (χ2v) is 7.91. The third kappa shape index (κ3) is 4.13. The van der Waals surface area contributed by atoms with Gasteiger partial charge in [0.2, 0.25) is 12.7 Å². The van der Waals surface area contributed by atoms with Gasteiger partial charge in [-0.25, -0.2) is 0 Å². The molecule has 33 heavy (non-hydrogen) atoms. The first kappa shape index (κ1) is 22.0. The van der Waals surface area contributed by atoms with E-state index < -0.39 is 17.2 Å². The Morgan fingerprint density at radius 2 is 1.88 bits per heavy atom. The Hall–Kier alpha value is -4.25. The Morgan fingerprint density at radius 1 is 1.18 bits per heavy atom. The molecule has 0 amide bonds. The molecule has 1 N–H and O–H groups in total. The number of benzene rings is 2. The van der Waals surface area contributed by atoms with Gasteiger partial charge >= 0.3 is 0 Å². The predicted octanol–water partition coefficient (Wildman–Crippen LogP) is 3.53. The normalized spacial score (nSPS) is 12.0. The van der Waals surface area contributed by atoms with E-state index >= 15 is 0 Å². The maximum absolute atomic E-state index is 13.3. The first-order valence-electron chi connectivity index (χ1n) is 10.4. The minimum Gasteiger partial charge on any atom is -0.494 e. The molecule has 8 heteroatoms. The van der Waals surface area contributed by atoms with Crippen molar-refractivity contribution in [3.8, 4) is 29.2 Å². The highest BCUT2D eigenvalue weighted by atomic mass is 16.7. The van der Waals surface area contributed by atoms with Crippen LogP contribution in [0.25, 0.3) is 0 Å². The van der Waals surface area contributed by atoms with Crippen LogP contribution >= 0.6 is 0 Å². The molecule has 1 aromatic heterocycles. The quantitative estimate of drug-likeness (QED) is 0.577. The molecule has 0 unspecified atom stereocenters. The highest BCUT2D eigenvalue weighted by molar-refractivity contribution is 6.11. The van der Waals surface area contributed by atoms with E-state index in [0.717, 1.165) is 4.57 Å². The molecule has 0 aliphatic carbocycles. The van der Waals surface area contributed by atoms with Crippen LogP contribution in [0, 0.1) is 18.3 Å². The van der Waals surface area contributed by atoms with Gasteiger partial charge in [-0.2, -0.15) is 5.26 Å². The molecule has 0 radical (unpaired) electrons. The summed E-state index contributed by atoms with van der Waals surface area (Å²) < 4.78 is 17.3. The van der Waals surface area contributed by atoms with Crippen LogP contribution < -0.4 is 19.8 Å². The fourth-order valence-corrected chi connectivity index (χ4v) is 3.69. The van der Waals surface area contributed by atoms with Crippen LogP contribution in [0.3, 0.4) is 0 Å². The van der Waals surface area contributed by atoms with Crippen molar-refractivity contribution in [1.29, 1.82) is 5.26 Å². The van der Waals surface area contributed by atoms with Gasteiger partial charge in [-0.1, -0.05) is 6.07 Å². The monoisotopic (exact) mass is 446 g/mol. The smallest absolute Gasteiger partial charge is 0.271 e. The number of carbonyl (C=O) groups excluding carboxylic acids is 1. The number of nitrogens with zero attached hydrogens (tertiary/aromatic N) is 2. The van der Waals surface area contributed by atoms with Gasteiger partial charge in [0.05, 0.1) is 18.2 Å². The van der Waals surface area contributed by atoms with Crippen molar-refractivity contribution < 1.29 is 24.1 Å². The lowest BCUT2D eigenvalue weighted by Gasteiger charge is -2.16. The number of hydrogen-bond donors (Lipinski definition) is 1. The van der Waals surface area contributed by atoms with E-state index in [0.29, 0.717) is 28.4 Å². The SMILES string of the molecule is Cc1c(C(=O)c2ccc(OC(C)C)cc2)c(O)n(Cc2ccc3c(c2)OCO3)c(=O)c1C#N. The van der Waals surface area contributed by atoms with E-state index in [4.69, 9.17) is 14.2 Å². The Balaban J connectivity index is 1.76. The number of ether oxygens (including phenoxy) is 3. The highest BCUT2D eigenvalue weighted by Crippen LogP contribution is 2.33. The average molecular weight is 446 g/mol. The number of pyridine rings is 1. The highest BCUT2D eigenvalue weighted by Gasteiger charge is 2.25. The van der Waals surface area contributed by atoms with Gasteiger partial charge in [-0.3, -0.25) is 14.2 Å². The van der Waals surface area contributed by atoms with E-state index in [9.17, 15) is 20.0 Å². The number of hydrogen-bond acceptors (Lipinski definition) is 7. The van der Waals surface area contributed by atoms with Crippen LogP contribution in [0.2, 0.25) is 0 Å². The third-order valence-electron chi connectivity index (χ3n) is 5.29. The zero-order valence-electron chi connectivity index (χ0n) is 18.4. The van der Waals surface area contributed by atoms with Crippen molar-refractivity contribution in [3.05, 3.63) is 80.6 Å². The summed E-state index contributed by atoms with van der Waals surface area (Å²) in [5, 5.41) is 20.6. The summed E-state index contributed by atoms with van der Waals surface area (Å²) in [6.07, 6.45) is -0.0178. The Kier molecular flexibility index (Phi) is 5.80. The molecule has 2 heterocycles. The molecule has 168 valence electrons. The molecule has 0 spiro atoms. The van der Waals surface area contributed by atoms with Crippen molar-refractivity contribution in [1.82, 2.24) is 4.57 Å². The minimum atomic E-state index is -0.678. The number of nitriles is 1.